The molecule has 0 saturated heterocycles. The van der Waals surface area contributed by atoms with Crippen LogP contribution in [0.4, 0.5) is 11.5 Å². The number of nitrogen functional groups attached to an aromatic ring is 1. The van der Waals surface area contributed by atoms with Gasteiger partial charge in [0.15, 0.2) is 5.82 Å². The summed E-state index contributed by atoms with van der Waals surface area (Å²) >= 11 is 0. The van der Waals surface area contributed by atoms with E-state index >= 15 is 0 Å². The highest BCUT2D eigenvalue weighted by Gasteiger charge is 2.09. The smallest absolute Gasteiger partial charge is 0.276 e. The molecule has 0 amide bonds. The molecule has 1 rings (SSSR count). The van der Waals surface area contributed by atoms with E-state index in [1.165, 1.54) is 6.33 Å². The Balaban J connectivity index is 2.72. The second kappa shape index (κ2) is 4.82. The van der Waals surface area contributed by atoms with Crippen LogP contribution in [0.15, 0.2) is 11.1 Å². The molecule has 84 valence electrons. The van der Waals surface area contributed by atoms with Crippen molar-refractivity contribution in [1.82, 2.24) is 9.97 Å². The van der Waals surface area contributed by atoms with Gasteiger partial charge in [0.1, 0.15) is 5.69 Å². The highest BCUT2D eigenvalue weighted by Crippen LogP contribution is 2.13. The van der Waals surface area contributed by atoms with Gasteiger partial charge in [-0.15, -0.1) is 0 Å². The number of hydrogen-bond donors (Lipinski definition) is 3. The van der Waals surface area contributed by atoms with Gasteiger partial charge in [0, 0.05) is 6.04 Å². The van der Waals surface area contributed by atoms with E-state index in [1.54, 1.807) is 0 Å². The van der Waals surface area contributed by atoms with Gasteiger partial charge >= 0.3 is 0 Å². The Morgan fingerprint density at radius 1 is 1.53 bits per heavy atom. The fourth-order valence-corrected chi connectivity index (χ4v) is 1.52. The maximum absolute atomic E-state index is 11.2. The topological polar surface area (TPSA) is 83.8 Å². The number of nitrogens with zero attached hydrogens (tertiary/aromatic N) is 1. The van der Waals surface area contributed by atoms with Crippen molar-refractivity contribution in [3.63, 3.8) is 0 Å². The van der Waals surface area contributed by atoms with E-state index in [9.17, 15) is 4.79 Å². The molecule has 0 saturated carbocycles. The third kappa shape index (κ3) is 3.27. The minimum absolute atomic E-state index is 0.146. The van der Waals surface area contributed by atoms with Crippen LogP contribution in [0.5, 0.6) is 0 Å². The summed E-state index contributed by atoms with van der Waals surface area (Å²) in [5.41, 5.74) is 5.44. The van der Waals surface area contributed by atoms with Gasteiger partial charge in [-0.25, -0.2) is 4.98 Å². The molecule has 0 aliphatic heterocycles. The van der Waals surface area contributed by atoms with Gasteiger partial charge in [-0.1, -0.05) is 13.8 Å². The van der Waals surface area contributed by atoms with Crippen molar-refractivity contribution in [3.05, 3.63) is 16.7 Å². The lowest BCUT2D eigenvalue weighted by Crippen LogP contribution is -2.22. The molecule has 0 fully saturated rings. The third-order valence-electron chi connectivity index (χ3n) is 2.10. The minimum Gasteiger partial charge on any atom is -0.391 e. The summed E-state index contributed by atoms with van der Waals surface area (Å²) in [5.74, 6) is 1.06. The average molecular weight is 210 g/mol. The van der Waals surface area contributed by atoms with E-state index < -0.39 is 0 Å². The van der Waals surface area contributed by atoms with Crippen LogP contribution in [-0.2, 0) is 0 Å². The maximum atomic E-state index is 11.2. The lowest BCUT2D eigenvalue weighted by molar-refractivity contribution is 0.539. The van der Waals surface area contributed by atoms with Crippen molar-refractivity contribution in [2.45, 2.75) is 33.2 Å². The van der Waals surface area contributed by atoms with Crippen LogP contribution in [0.2, 0.25) is 0 Å². The number of rotatable bonds is 4. The summed E-state index contributed by atoms with van der Waals surface area (Å²) in [5, 5.41) is 3.13. The molecule has 15 heavy (non-hydrogen) atoms. The van der Waals surface area contributed by atoms with Crippen LogP contribution in [0, 0.1) is 5.92 Å². The number of aromatic amines is 1. The van der Waals surface area contributed by atoms with Crippen molar-refractivity contribution >= 4 is 11.5 Å². The number of nitrogens with one attached hydrogen (secondary N) is 2. The molecule has 0 aromatic carbocycles. The number of anilines is 2. The second-order valence-electron chi connectivity index (χ2n) is 4.17. The summed E-state index contributed by atoms with van der Waals surface area (Å²) in [6, 6.07) is 0.251. The lowest BCUT2D eigenvalue weighted by Gasteiger charge is -2.16. The zero-order valence-electron chi connectivity index (χ0n) is 9.37. The molecule has 0 bridgehead atoms. The Hall–Kier alpha value is -1.52. The van der Waals surface area contributed by atoms with Crippen LogP contribution in [0.1, 0.15) is 27.2 Å². The van der Waals surface area contributed by atoms with E-state index in [0.717, 1.165) is 6.42 Å². The molecule has 5 nitrogen and oxygen atoms in total. The quantitative estimate of drug-likeness (QED) is 0.697. The molecule has 1 heterocycles. The van der Waals surface area contributed by atoms with Crippen molar-refractivity contribution in [2.75, 3.05) is 11.1 Å². The summed E-state index contributed by atoms with van der Waals surface area (Å²) < 4.78 is 0. The molecule has 1 aromatic heterocycles. The van der Waals surface area contributed by atoms with Crippen LogP contribution < -0.4 is 16.6 Å². The van der Waals surface area contributed by atoms with Gasteiger partial charge in [0.2, 0.25) is 0 Å². The number of hydrogen-bond acceptors (Lipinski definition) is 4. The van der Waals surface area contributed by atoms with Crippen molar-refractivity contribution < 1.29 is 0 Å². The number of H-pyrrole nitrogens is 1. The Morgan fingerprint density at radius 3 is 2.80 bits per heavy atom. The standard InChI is InChI=1S/C10H18N4O/c1-6(2)4-7(3)14-9-8(11)10(15)13-5-12-9/h5-7H,4,11H2,1-3H3,(H2,12,13,14,15). The number of nitrogens with two attached hydrogens (primary N) is 1. The van der Waals surface area contributed by atoms with E-state index in [1.807, 2.05) is 6.92 Å². The zero-order valence-corrected chi connectivity index (χ0v) is 9.37. The molecule has 1 unspecified atom stereocenters. The Morgan fingerprint density at radius 2 is 2.20 bits per heavy atom. The fourth-order valence-electron chi connectivity index (χ4n) is 1.52. The van der Waals surface area contributed by atoms with E-state index in [-0.39, 0.29) is 17.3 Å². The molecule has 0 radical (unpaired) electrons. The molecule has 0 aliphatic rings. The maximum Gasteiger partial charge on any atom is 0.276 e. The van der Waals surface area contributed by atoms with Gasteiger partial charge in [-0.05, 0) is 19.3 Å². The predicted molar refractivity (Wildman–Crippen MR) is 61.8 cm³/mol. The summed E-state index contributed by atoms with van der Waals surface area (Å²) in [6.07, 6.45) is 2.36. The van der Waals surface area contributed by atoms with E-state index in [2.05, 4.69) is 29.1 Å². The summed E-state index contributed by atoms with van der Waals surface area (Å²) in [7, 11) is 0. The van der Waals surface area contributed by atoms with Crippen molar-refractivity contribution in [1.29, 1.82) is 0 Å². The summed E-state index contributed by atoms with van der Waals surface area (Å²) in [4.78, 5) is 17.6. The first-order valence-electron chi connectivity index (χ1n) is 5.10. The average Bonchev–Trinajstić information content (AvgIpc) is 2.11. The highest BCUT2D eigenvalue weighted by molar-refractivity contribution is 5.59. The first-order valence-corrected chi connectivity index (χ1v) is 5.10. The van der Waals surface area contributed by atoms with E-state index in [0.29, 0.717) is 11.7 Å². The Bertz CT molecular complexity index is 372. The monoisotopic (exact) mass is 210 g/mol. The largest absolute Gasteiger partial charge is 0.391 e. The van der Waals surface area contributed by atoms with Crippen LogP contribution in [0.3, 0.4) is 0 Å². The molecule has 4 N–H and O–H groups in total. The molecule has 1 aromatic rings. The fraction of sp³-hybridized carbons (Fsp3) is 0.600. The molecular formula is C10H18N4O. The Kier molecular flexibility index (Phi) is 3.71. The molecule has 0 spiro atoms. The summed E-state index contributed by atoms with van der Waals surface area (Å²) in [6.45, 7) is 6.34. The molecule has 1 atom stereocenters. The van der Waals surface area contributed by atoms with Gasteiger partial charge in [0.25, 0.3) is 5.56 Å². The SMILES string of the molecule is CC(C)CC(C)Nc1nc[nH]c(=O)c1N. The molecule has 0 aliphatic carbocycles. The van der Waals surface area contributed by atoms with Gasteiger partial charge in [0.05, 0.1) is 6.33 Å². The van der Waals surface area contributed by atoms with Crippen molar-refractivity contribution in [2.24, 2.45) is 5.92 Å². The van der Waals surface area contributed by atoms with Crippen LogP contribution in [-0.4, -0.2) is 16.0 Å². The normalized spacial score (nSPS) is 12.8. The van der Waals surface area contributed by atoms with Gasteiger partial charge < -0.3 is 16.0 Å². The van der Waals surface area contributed by atoms with Gasteiger partial charge in [-0.2, -0.15) is 0 Å². The Labute approximate surface area is 89.1 Å². The first kappa shape index (κ1) is 11.6. The van der Waals surface area contributed by atoms with Crippen molar-refractivity contribution in [3.8, 4) is 0 Å². The molecule has 5 heteroatoms. The number of aromatic nitrogens is 2. The first-order chi connectivity index (χ1) is 7.00. The van der Waals surface area contributed by atoms with Crippen LogP contribution in [0.25, 0.3) is 0 Å². The predicted octanol–water partition coefficient (Wildman–Crippen LogP) is 1.20. The van der Waals surface area contributed by atoms with Crippen LogP contribution >= 0.6 is 0 Å². The van der Waals surface area contributed by atoms with Gasteiger partial charge in [-0.3, -0.25) is 4.79 Å². The molecular weight excluding hydrogens is 192 g/mol. The minimum atomic E-state index is -0.302. The second-order valence-corrected chi connectivity index (χ2v) is 4.17. The third-order valence-corrected chi connectivity index (χ3v) is 2.10. The highest BCUT2D eigenvalue weighted by atomic mass is 16.1. The van der Waals surface area contributed by atoms with E-state index in [4.69, 9.17) is 5.73 Å². The lowest BCUT2D eigenvalue weighted by atomic mass is 10.1. The zero-order chi connectivity index (χ0) is 11.4.